The van der Waals surface area contributed by atoms with Crippen molar-refractivity contribution in [2.24, 2.45) is 11.3 Å². The van der Waals surface area contributed by atoms with Gasteiger partial charge < -0.3 is 24.8 Å². The predicted octanol–water partition coefficient (Wildman–Crippen LogP) is 7.75. The van der Waals surface area contributed by atoms with Crippen molar-refractivity contribution in [2.45, 2.75) is 119 Å². The first-order chi connectivity index (χ1) is 23.0. The molecule has 5 aromatic rings. The van der Waals surface area contributed by atoms with Crippen LogP contribution in [0.4, 0.5) is 0 Å². The second-order valence-electron chi connectivity index (χ2n) is 17.2. The van der Waals surface area contributed by atoms with Crippen molar-refractivity contribution < 1.29 is 49.0 Å². The largest absolute Gasteiger partial charge is 1.00 e. The third-order valence-corrected chi connectivity index (χ3v) is 11.5. The summed E-state index contributed by atoms with van der Waals surface area (Å²) < 4.78 is 1.46. The summed E-state index contributed by atoms with van der Waals surface area (Å²) in [5, 5.41) is 8.21. The van der Waals surface area contributed by atoms with Gasteiger partial charge in [0, 0.05) is 0 Å². The van der Waals surface area contributed by atoms with Crippen LogP contribution in [0.25, 0.3) is 32.3 Å². The first kappa shape index (κ1) is 43.2. The summed E-state index contributed by atoms with van der Waals surface area (Å²) in [4.78, 5) is 0. The fourth-order valence-corrected chi connectivity index (χ4v) is 8.34. The Morgan fingerprint density at radius 2 is 1.25 bits per heavy atom. The van der Waals surface area contributed by atoms with E-state index in [9.17, 15) is 0 Å². The Morgan fingerprint density at radius 3 is 1.71 bits per heavy atom. The average molecular weight is 797 g/mol. The summed E-state index contributed by atoms with van der Waals surface area (Å²) in [5.74, 6) is 0.550. The van der Waals surface area contributed by atoms with Gasteiger partial charge >= 0.3 is 93.2 Å². The second-order valence-corrected chi connectivity index (χ2v) is 19.0. The Labute approximate surface area is 337 Å². The van der Waals surface area contributed by atoms with Crippen LogP contribution in [0.3, 0.4) is 0 Å². The molecule has 0 heterocycles. The van der Waals surface area contributed by atoms with Crippen molar-refractivity contribution in [2.75, 3.05) is 0 Å². The molecule has 1 atom stereocenters. The quantitative estimate of drug-likeness (QED) is 0.161. The van der Waals surface area contributed by atoms with Gasteiger partial charge in [-0.2, -0.15) is 11.6 Å². The zero-order valence-corrected chi connectivity index (χ0v) is 36.9. The van der Waals surface area contributed by atoms with E-state index in [1.807, 2.05) is 0 Å². The van der Waals surface area contributed by atoms with Gasteiger partial charge in [0.15, 0.2) is 0 Å². The molecule has 0 aromatic heterocycles. The Bertz CT molecular complexity index is 1960. The molecule has 2 aliphatic carbocycles. The molecule has 1 saturated carbocycles. The van der Waals surface area contributed by atoms with Crippen LogP contribution in [0.15, 0.2) is 90.5 Å². The van der Waals surface area contributed by atoms with E-state index < -0.39 is 0 Å². The molecule has 0 radical (unpaired) electrons. The molecule has 1 fully saturated rings. The fraction of sp³-hybridized carbons (Fsp3) is 0.417. The van der Waals surface area contributed by atoms with Gasteiger partial charge in [-0.05, 0) is 24.7 Å². The first-order valence-electron chi connectivity index (χ1n) is 18.5. The van der Waals surface area contributed by atoms with E-state index in [1.54, 1.807) is 5.57 Å². The number of benzene rings is 4. The first-order valence-corrected chi connectivity index (χ1v) is 19.7. The maximum Gasteiger partial charge on any atom is -0.0142 e. The van der Waals surface area contributed by atoms with Crippen molar-refractivity contribution in [3.63, 3.8) is 0 Å². The van der Waals surface area contributed by atoms with Gasteiger partial charge in [-0.25, -0.2) is 6.08 Å². The number of aryl methyl sites for hydroxylation is 2. The molecule has 5 aromatic carbocycles. The normalized spacial score (nSPS) is 16.7. The topological polar surface area (TPSA) is 0 Å². The number of allylic oxidation sites excluding steroid dienone is 4. The van der Waals surface area contributed by atoms with Crippen LogP contribution in [0.1, 0.15) is 122 Å². The van der Waals surface area contributed by atoms with E-state index in [1.165, 1.54) is 120 Å². The van der Waals surface area contributed by atoms with E-state index in [0.717, 1.165) is 0 Å². The molecule has 0 N–H and O–H groups in total. The number of hydrogen-bond acceptors (Lipinski definition) is 0. The SMILES string of the molecule is CC1[C-]=CC(C2(C)CCCCC2)=C1.C[C](=[Zr+2])c1ccc2ccccc2c1.Cc1cc2[cH-]c3cc(C)c(C(C)(C)C)cc3c2cc1C(C)(C)C.[Cl-].[Cl-]. The zero-order chi connectivity index (χ0) is 35.7. The molecule has 270 valence electrons. The monoisotopic (exact) mass is 794 g/mol. The fourth-order valence-electron chi connectivity index (χ4n) is 7.95. The van der Waals surface area contributed by atoms with Gasteiger partial charge in [0.25, 0.3) is 0 Å². The molecule has 0 saturated heterocycles. The number of hydrogen-bond donors (Lipinski definition) is 0. The summed E-state index contributed by atoms with van der Waals surface area (Å²) in [6.07, 6.45) is 15.0. The van der Waals surface area contributed by atoms with Gasteiger partial charge in [-0.1, -0.05) is 133 Å². The van der Waals surface area contributed by atoms with Gasteiger partial charge in [0.1, 0.15) is 0 Å². The van der Waals surface area contributed by atoms with Gasteiger partial charge in [-0.3, -0.25) is 6.08 Å². The molecule has 2 aliphatic rings. The Hall–Kier alpha value is -2.18. The summed E-state index contributed by atoms with van der Waals surface area (Å²) in [6.45, 7) is 25.1. The molecule has 0 aliphatic heterocycles. The Kier molecular flexibility index (Phi) is 14.7. The van der Waals surface area contributed by atoms with Crippen molar-refractivity contribution in [1.82, 2.24) is 0 Å². The smallest absolute Gasteiger partial charge is 0.0142 e. The second kappa shape index (κ2) is 17.3. The molecule has 0 spiro atoms. The number of halogens is 2. The Balaban J connectivity index is 0.000000216. The molecule has 0 bridgehead atoms. The summed E-state index contributed by atoms with van der Waals surface area (Å²) in [7, 11) is 0. The van der Waals surface area contributed by atoms with Gasteiger partial charge in [-0.15, -0.1) is 39.7 Å². The molecule has 1 unspecified atom stereocenters. The van der Waals surface area contributed by atoms with Crippen LogP contribution in [0.5, 0.6) is 0 Å². The molecule has 0 nitrogen and oxygen atoms in total. The van der Waals surface area contributed by atoms with Crippen LogP contribution >= 0.6 is 0 Å². The molecule has 0 amide bonds. The van der Waals surface area contributed by atoms with Crippen molar-refractivity contribution >= 4 is 35.5 Å². The summed E-state index contributed by atoms with van der Waals surface area (Å²) >= 11 is 1.50. The van der Waals surface area contributed by atoms with Crippen molar-refractivity contribution in [3.8, 4) is 0 Å². The average Bonchev–Trinajstić information content (AvgIpc) is 3.62. The molecule has 7 rings (SSSR count). The third-order valence-electron chi connectivity index (χ3n) is 10.8. The maximum absolute atomic E-state index is 3.37. The van der Waals surface area contributed by atoms with E-state index in [4.69, 9.17) is 0 Å². The van der Waals surface area contributed by atoms with Crippen LogP contribution in [-0.2, 0) is 35.1 Å². The van der Waals surface area contributed by atoms with Gasteiger partial charge in [0.2, 0.25) is 0 Å². The molecule has 51 heavy (non-hydrogen) atoms. The van der Waals surface area contributed by atoms with E-state index in [0.29, 0.717) is 11.3 Å². The summed E-state index contributed by atoms with van der Waals surface area (Å²) in [5.41, 5.74) is 9.47. The third kappa shape index (κ3) is 10.3. The van der Waals surface area contributed by atoms with Gasteiger partial charge in [0.05, 0.1) is 0 Å². The molecule has 3 heteroatoms. The van der Waals surface area contributed by atoms with Crippen LogP contribution in [0, 0.1) is 31.3 Å². The van der Waals surface area contributed by atoms with E-state index in [-0.39, 0.29) is 35.6 Å². The van der Waals surface area contributed by atoms with E-state index in [2.05, 4.69) is 167 Å². The Morgan fingerprint density at radius 1 is 0.745 bits per heavy atom. The molecular weight excluding hydrogens is 739 g/mol. The van der Waals surface area contributed by atoms with Crippen LogP contribution in [0.2, 0.25) is 0 Å². The minimum absolute atomic E-state index is 0. The maximum atomic E-state index is 3.37. The number of fused-ring (bicyclic) bond motifs is 4. The van der Waals surface area contributed by atoms with Crippen LogP contribution < -0.4 is 24.8 Å². The van der Waals surface area contributed by atoms with E-state index >= 15 is 0 Å². The van der Waals surface area contributed by atoms with Crippen molar-refractivity contribution in [3.05, 3.63) is 124 Å². The minimum Gasteiger partial charge on any atom is -1.00 e. The zero-order valence-electron chi connectivity index (χ0n) is 33.0. The summed E-state index contributed by atoms with van der Waals surface area (Å²) in [6, 6.07) is 27.1. The standard InChI is InChI=1S/C23H29.C13H19.C12H10.2ClH.Zr/c1-14-9-16-11-17-10-15(2)21(23(6,7)8)13-19(17)18(16)12-20(14)22(3,4)5;1-11-6-7-12(10-11)13(2)8-4-3-5-9-13;1-2-10-7-8-11-5-3-4-6-12(11)9-10;;;/h9-13H,1-8H3;7,10-11H,3-5,8-9H2,1-2H3;3-9H,1H3;2*1H;/q2*-1;;;;+2/p-2. The van der Waals surface area contributed by atoms with Crippen molar-refractivity contribution in [1.29, 1.82) is 0 Å². The number of rotatable bonds is 2. The predicted molar refractivity (Wildman–Crippen MR) is 214 cm³/mol. The minimum atomic E-state index is 0. The molecular formula is C48H58Cl2Zr-2. The van der Waals surface area contributed by atoms with Crippen LogP contribution in [-0.4, -0.2) is 3.21 Å².